The maximum Gasteiger partial charge on any atom is 0.333 e. The SMILES string of the molecule is COC(=O)[C@H](NC(=O)c1cccnc1)c1ccccc1. The van der Waals surface area contributed by atoms with E-state index in [9.17, 15) is 9.59 Å². The van der Waals surface area contributed by atoms with Gasteiger partial charge in [0.1, 0.15) is 0 Å². The van der Waals surface area contributed by atoms with Gasteiger partial charge in [-0.2, -0.15) is 0 Å². The van der Waals surface area contributed by atoms with Crippen molar-refractivity contribution in [3.8, 4) is 0 Å². The second-order valence-electron chi connectivity index (χ2n) is 4.08. The monoisotopic (exact) mass is 270 g/mol. The molecule has 2 aromatic rings. The Labute approximate surface area is 116 Å². The number of esters is 1. The fourth-order valence-electron chi connectivity index (χ4n) is 1.75. The molecule has 0 aliphatic rings. The van der Waals surface area contributed by atoms with Crippen molar-refractivity contribution >= 4 is 11.9 Å². The lowest BCUT2D eigenvalue weighted by Crippen LogP contribution is -2.34. The predicted molar refractivity (Wildman–Crippen MR) is 72.9 cm³/mol. The van der Waals surface area contributed by atoms with Gasteiger partial charge in [-0.15, -0.1) is 0 Å². The first-order valence-electron chi connectivity index (χ1n) is 6.06. The molecule has 2 rings (SSSR count). The highest BCUT2D eigenvalue weighted by atomic mass is 16.5. The maximum absolute atomic E-state index is 12.1. The third kappa shape index (κ3) is 3.20. The topological polar surface area (TPSA) is 68.3 Å². The minimum atomic E-state index is -0.839. The normalized spacial score (nSPS) is 11.4. The third-order valence-electron chi connectivity index (χ3n) is 2.77. The maximum atomic E-state index is 12.1. The van der Waals surface area contributed by atoms with Crippen LogP contribution in [-0.2, 0) is 9.53 Å². The number of hydrogen-bond donors (Lipinski definition) is 1. The van der Waals surface area contributed by atoms with Gasteiger partial charge in [0.25, 0.3) is 5.91 Å². The van der Waals surface area contributed by atoms with Crippen molar-refractivity contribution in [3.63, 3.8) is 0 Å². The van der Waals surface area contributed by atoms with E-state index in [2.05, 4.69) is 10.3 Å². The molecule has 1 N–H and O–H groups in total. The molecule has 1 aromatic carbocycles. The number of carbonyl (C=O) groups is 2. The Morgan fingerprint density at radius 1 is 1.15 bits per heavy atom. The molecule has 0 unspecified atom stereocenters. The Morgan fingerprint density at radius 3 is 2.50 bits per heavy atom. The van der Waals surface area contributed by atoms with E-state index in [-0.39, 0.29) is 5.91 Å². The molecule has 1 heterocycles. The lowest BCUT2D eigenvalue weighted by molar-refractivity contribution is -0.143. The second kappa shape index (κ2) is 6.47. The first-order chi connectivity index (χ1) is 9.72. The summed E-state index contributed by atoms with van der Waals surface area (Å²) in [5, 5.41) is 2.65. The predicted octanol–water partition coefficient (Wildman–Crippen LogP) is 1.73. The van der Waals surface area contributed by atoms with E-state index in [1.54, 1.807) is 42.6 Å². The minimum absolute atomic E-state index is 0.377. The molecule has 1 aromatic heterocycles. The molecule has 5 nitrogen and oxygen atoms in total. The Hall–Kier alpha value is -2.69. The molecule has 1 amide bonds. The highest BCUT2D eigenvalue weighted by Gasteiger charge is 2.23. The number of nitrogens with one attached hydrogen (secondary N) is 1. The van der Waals surface area contributed by atoms with Crippen LogP contribution in [0.15, 0.2) is 54.9 Å². The van der Waals surface area contributed by atoms with Crippen LogP contribution >= 0.6 is 0 Å². The molecule has 0 aliphatic heterocycles. The van der Waals surface area contributed by atoms with Crippen LogP contribution in [0.5, 0.6) is 0 Å². The van der Waals surface area contributed by atoms with Gasteiger partial charge >= 0.3 is 5.97 Å². The van der Waals surface area contributed by atoms with E-state index in [1.807, 2.05) is 6.07 Å². The summed E-state index contributed by atoms with van der Waals surface area (Å²) >= 11 is 0. The molecule has 102 valence electrons. The van der Waals surface area contributed by atoms with Crippen LogP contribution in [0.2, 0.25) is 0 Å². The fraction of sp³-hybridized carbons (Fsp3) is 0.133. The standard InChI is InChI=1S/C15H14N2O3/c1-20-15(19)13(11-6-3-2-4-7-11)17-14(18)12-8-5-9-16-10-12/h2-10,13H,1H3,(H,17,18)/t13-/m1/s1. The summed E-state index contributed by atoms with van der Waals surface area (Å²) in [5.41, 5.74) is 1.05. The van der Waals surface area contributed by atoms with Crippen molar-refractivity contribution in [2.75, 3.05) is 7.11 Å². The largest absolute Gasteiger partial charge is 0.467 e. The molecule has 5 heteroatoms. The number of nitrogens with zero attached hydrogens (tertiary/aromatic N) is 1. The average Bonchev–Trinajstić information content (AvgIpc) is 2.53. The Bertz CT molecular complexity index is 585. The van der Waals surface area contributed by atoms with Crippen LogP contribution < -0.4 is 5.32 Å². The highest BCUT2D eigenvalue weighted by Crippen LogP contribution is 2.15. The Kier molecular flexibility index (Phi) is 4.44. The van der Waals surface area contributed by atoms with Crippen molar-refractivity contribution in [2.24, 2.45) is 0 Å². The lowest BCUT2D eigenvalue weighted by atomic mass is 10.1. The van der Waals surface area contributed by atoms with E-state index in [0.717, 1.165) is 0 Å². The fourth-order valence-corrected chi connectivity index (χ4v) is 1.75. The molecule has 0 aliphatic carbocycles. The molecule has 0 fully saturated rings. The van der Waals surface area contributed by atoms with Gasteiger partial charge in [-0.3, -0.25) is 9.78 Å². The molecule has 0 radical (unpaired) electrons. The smallest absolute Gasteiger partial charge is 0.333 e. The van der Waals surface area contributed by atoms with Gasteiger partial charge in [0.15, 0.2) is 6.04 Å². The number of ether oxygens (including phenoxy) is 1. The summed E-state index contributed by atoms with van der Waals surface area (Å²) in [6.07, 6.45) is 3.01. The Morgan fingerprint density at radius 2 is 1.90 bits per heavy atom. The summed E-state index contributed by atoms with van der Waals surface area (Å²) in [4.78, 5) is 27.8. The number of methoxy groups -OCH3 is 1. The van der Waals surface area contributed by atoms with Crippen LogP contribution in [-0.4, -0.2) is 24.0 Å². The van der Waals surface area contributed by atoms with Gasteiger partial charge in [0.2, 0.25) is 0 Å². The molecule has 0 spiro atoms. The van der Waals surface area contributed by atoms with Crippen molar-refractivity contribution in [2.45, 2.75) is 6.04 Å². The van der Waals surface area contributed by atoms with E-state index in [0.29, 0.717) is 11.1 Å². The number of amides is 1. The number of pyridine rings is 1. The molecule has 1 atom stereocenters. The molecular formula is C15H14N2O3. The highest BCUT2D eigenvalue weighted by molar-refractivity contribution is 5.96. The van der Waals surface area contributed by atoms with Gasteiger partial charge in [0.05, 0.1) is 12.7 Å². The summed E-state index contributed by atoms with van der Waals surface area (Å²) < 4.78 is 4.73. The number of benzene rings is 1. The number of aromatic nitrogens is 1. The number of carbonyl (C=O) groups excluding carboxylic acids is 2. The van der Waals surface area contributed by atoms with Crippen LogP contribution in [0.1, 0.15) is 22.0 Å². The van der Waals surface area contributed by atoms with Gasteiger partial charge in [0, 0.05) is 12.4 Å². The van der Waals surface area contributed by atoms with Crippen LogP contribution in [0.3, 0.4) is 0 Å². The van der Waals surface area contributed by atoms with Gasteiger partial charge in [-0.25, -0.2) is 4.79 Å². The third-order valence-corrected chi connectivity index (χ3v) is 2.77. The molecule has 0 saturated carbocycles. The van der Waals surface area contributed by atoms with E-state index >= 15 is 0 Å². The molecular weight excluding hydrogens is 256 g/mol. The summed E-state index contributed by atoms with van der Waals surface area (Å²) in [5.74, 6) is -0.897. The molecule has 20 heavy (non-hydrogen) atoms. The van der Waals surface area contributed by atoms with Crippen LogP contribution in [0, 0.1) is 0 Å². The van der Waals surface area contributed by atoms with Gasteiger partial charge < -0.3 is 10.1 Å². The second-order valence-corrected chi connectivity index (χ2v) is 4.08. The summed E-state index contributed by atoms with van der Waals surface area (Å²) in [7, 11) is 1.29. The quantitative estimate of drug-likeness (QED) is 0.859. The first-order valence-corrected chi connectivity index (χ1v) is 6.06. The van der Waals surface area contributed by atoms with Crippen molar-refractivity contribution in [3.05, 3.63) is 66.0 Å². The first kappa shape index (κ1) is 13.7. The van der Waals surface area contributed by atoms with Crippen molar-refractivity contribution in [1.82, 2.24) is 10.3 Å². The zero-order valence-electron chi connectivity index (χ0n) is 10.9. The van der Waals surface area contributed by atoms with Gasteiger partial charge in [-0.1, -0.05) is 30.3 Å². The average molecular weight is 270 g/mol. The number of hydrogen-bond acceptors (Lipinski definition) is 4. The number of rotatable bonds is 4. The minimum Gasteiger partial charge on any atom is -0.467 e. The molecule has 0 bridgehead atoms. The van der Waals surface area contributed by atoms with E-state index in [1.165, 1.54) is 13.3 Å². The summed E-state index contributed by atoms with van der Waals surface area (Å²) in [6.45, 7) is 0. The zero-order valence-corrected chi connectivity index (χ0v) is 10.9. The van der Waals surface area contributed by atoms with Crippen LogP contribution in [0.4, 0.5) is 0 Å². The summed E-state index contributed by atoms with van der Waals surface area (Å²) in [6, 6.07) is 11.4. The zero-order chi connectivity index (χ0) is 14.4. The lowest BCUT2D eigenvalue weighted by Gasteiger charge is -2.16. The van der Waals surface area contributed by atoms with Crippen molar-refractivity contribution in [1.29, 1.82) is 0 Å². The van der Waals surface area contributed by atoms with E-state index < -0.39 is 12.0 Å². The van der Waals surface area contributed by atoms with Crippen LogP contribution in [0.25, 0.3) is 0 Å². The molecule has 0 saturated heterocycles. The van der Waals surface area contributed by atoms with Crippen molar-refractivity contribution < 1.29 is 14.3 Å². The van der Waals surface area contributed by atoms with E-state index in [4.69, 9.17) is 4.74 Å². The Balaban J connectivity index is 2.21. The van der Waals surface area contributed by atoms with Gasteiger partial charge in [-0.05, 0) is 17.7 Å².